The highest BCUT2D eigenvalue weighted by atomic mass is 28.3. The fraction of sp³-hybridized carbons (Fsp3) is 0.405. The van der Waals surface area contributed by atoms with Gasteiger partial charge in [0, 0.05) is 61.6 Å². The maximum Gasteiger partial charge on any atom is 0.573 e. The summed E-state index contributed by atoms with van der Waals surface area (Å²) in [5.74, 6) is -0.586. The summed E-state index contributed by atoms with van der Waals surface area (Å²) in [5.41, 5.74) is -1.78. The van der Waals surface area contributed by atoms with Gasteiger partial charge in [-0.25, -0.2) is 9.59 Å². The van der Waals surface area contributed by atoms with Gasteiger partial charge in [-0.1, -0.05) is 31.8 Å². The smallest absolute Gasteiger partial charge is 0.442 e. The van der Waals surface area contributed by atoms with Gasteiger partial charge in [0.05, 0.1) is 12.0 Å². The van der Waals surface area contributed by atoms with Crippen molar-refractivity contribution in [3.8, 4) is 29.0 Å². The van der Waals surface area contributed by atoms with Crippen LogP contribution >= 0.6 is 0 Å². The van der Waals surface area contributed by atoms with Crippen LogP contribution in [0.1, 0.15) is 12.5 Å². The molecule has 332 valence electrons. The molecule has 6 rings (SSSR count). The summed E-state index contributed by atoms with van der Waals surface area (Å²) in [4.78, 5) is 57.5. The summed E-state index contributed by atoms with van der Waals surface area (Å²) in [5, 5.41) is 7.57. The molecule has 0 saturated carbocycles. The monoisotopic (exact) mass is 887 g/mol. The van der Waals surface area contributed by atoms with Gasteiger partial charge in [0.2, 0.25) is 5.90 Å². The Morgan fingerprint density at radius 2 is 1.23 bits per heavy atom. The largest absolute Gasteiger partial charge is 0.573 e. The van der Waals surface area contributed by atoms with Gasteiger partial charge in [-0.2, -0.15) is 9.98 Å². The molecule has 1 aliphatic heterocycles. The molecular formula is C37H43F6N7O10Si. The average Bonchev–Trinajstić information content (AvgIpc) is 3.74. The molecule has 0 atom stereocenters. The van der Waals surface area contributed by atoms with E-state index < -0.39 is 54.8 Å². The number of ether oxygens (including phenoxy) is 5. The molecule has 0 saturated heterocycles. The number of alkyl halides is 6. The lowest BCUT2D eigenvalue weighted by Gasteiger charge is -2.16. The van der Waals surface area contributed by atoms with Crippen molar-refractivity contribution < 1.29 is 55.1 Å². The Hall–Kier alpha value is -6.14. The molecule has 1 N–H and O–H groups in total. The molecule has 0 amide bonds. The van der Waals surface area contributed by atoms with E-state index in [4.69, 9.17) is 19.3 Å². The quantitative estimate of drug-likeness (QED) is 0.112. The van der Waals surface area contributed by atoms with Gasteiger partial charge in [0.25, 0.3) is 11.1 Å². The Bertz CT molecular complexity index is 2640. The Balaban J connectivity index is 0.000000260. The Morgan fingerprint density at radius 3 is 1.75 bits per heavy atom. The second-order valence-corrected chi connectivity index (χ2v) is 19.9. The first kappa shape index (κ1) is 47.5. The first-order valence-corrected chi connectivity index (χ1v) is 21.8. The number of aryl methyl sites for hydroxylation is 1. The predicted molar refractivity (Wildman–Crippen MR) is 212 cm³/mol. The zero-order chi connectivity index (χ0) is 45.6. The predicted octanol–water partition coefficient (Wildman–Crippen LogP) is 5.08. The first-order chi connectivity index (χ1) is 28.3. The van der Waals surface area contributed by atoms with E-state index in [1.165, 1.54) is 66.2 Å². The fourth-order valence-corrected chi connectivity index (χ4v) is 6.19. The normalized spacial score (nSPS) is 12.5. The van der Waals surface area contributed by atoms with Gasteiger partial charge in [-0.3, -0.25) is 32.4 Å². The molecule has 24 heteroatoms. The number of aromatic nitrogens is 6. The summed E-state index contributed by atoms with van der Waals surface area (Å²) in [7, 11) is 4.24. The van der Waals surface area contributed by atoms with Crippen LogP contribution in [-0.2, 0) is 46.1 Å². The van der Waals surface area contributed by atoms with E-state index in [0.717, 1.165) is 39.4 Å². The third kappa shape index (κ3) is 12.4. The summed E-state index contributed by atoms with van der Waals surface area (Å²) >= 11 is 0. The van der Waals surface area contributed by atoms with Crippen LogP contribution in [0.25, 0.3) is 11.2 Å². The van der Waals surface area contributed by atoms with E-state index in [2.05, 4.69) is 39.1 Å². The van der Waals surface area contributed by atoms with Crippen molar-refractivity contribution in [3.05, 3.63) is 95.8 Å². The molecule has 17 nitrogen and oxygen atoms in total. The number of nitrogens with zero attached hydrogens (tertiary/aromatic N) is 7. The lowest BCUT2D eigenvalue weighted by Crippen LogP contribution is -2.38. The lowest BCUT2D eigenvalue weighted by molar-refractivity contribution is -0.275. The number of imidazole rings is 1. The second kappa shape index (κ2) is 19.1. The highest BCUT2D eigenvalue weighted by Crippen LogP contribution is 2.31. The molecular weight excluding hydrogens is 845 g/mol. The minimum Gasteiger partial charge on any atom is -0.442 e. The van der Waals surface area contributed by atoms with Crippen molar-refractivity contribution in [1.82, 2.24) is 27.8 Å². The van der Waals surface area contributed by atoms with Gasteiger partial charge < -0.3 is 28.8 Å². The standard InChI is InChI=1S/C20H25F3N4O5Si.C15H12F3N3O4.C2H6O/c1-25-16-15(17(28)26(2)19(25)29)27(12-30-9-10-33(3,4)5)18(24-16)31-13-7-6-8-14(11-13)32-20(21,22)23;1-20-12-10(13(22)21(2)14(20)23)7-11(19-12)24-8-4-3-5-9(6-8)25-15(16,17)18;1-2-3/h6-8,11H,9-10,12H2,1-5H3;3-6H,7H2,1-2H3;3H,2H2,1H3. The number of rotatable bonds is 10. The molecule has 0 radical (unpaired) electrons. The zero-order valence-electron chi connectivity index (χ0n) is 34.2. The summed E-state index contributed by atoms with van der Waals surface area (Å²) in [6, 6.07) is 10.6. The number of hydrogen-bond donors (Lipinski definition) is 1. The minimum atomic E-state index is -4.86. The van der Waals surface area contributed by atoms with Crippen LogP contribution in [0.3, 0.4) is 0 Å². The maximum absolute atomic E-state index is 12.8. The molecule has 1 aliphatic rings. The van der Waals surface area contributed by atoms with Gasteiger partial charge >= 0.3 is 30.1 Å². The third-order valence-electron chi connectivity index (χ3n) is 8.34. The number of aliphatic imine (C=N–C) groups is 1. The molecule has 0 unspecified atom stereocenters. The topological polar surface area (TPSA) is 185 Å². The van der Waals surface area contributed by atoms with Gasteiger partial charge in [0.15, 0.2) is 11.2 Å². The van der Waals surface area contributed by atoms with Gasteiger partial charge in [0.1, 0.15) is 35.5 Å². The molecule has 4 heterocycles. The molecule has 0 spiro atoms. The van der Waals surface area contributed by atoms with Gasteiger partial charge in [-0.15, -0.1) is 26.3 Å². The molecule has 61 heavy (non-hydrogen) atoms. The number of benzene rings is 2. The van der Waals surface area contributed by atoms with Crippen LogP contribution < -0.4 is 41.4 Å². The van der Waals surface area contributed by atoms with Crippen LogP contribution in [0.5, 0.6) is 29.0 Å². The zero-order valence-corrected chi connectivity index (χ0v) is 35.2. The Labute approximate surface area is 343 Å². The van der Waals surface area contributed by atoms with E-state index in [0.29, 0.717) is 6.61 Å². The van der Waals surface area contributed by atoms with E-state index in [-0.39, 0.29) is 65.7 Å². The molecule has 3 aromatic heterocycles. The Morgan fingerprint density at radius 1 is 0.738 bits per heavy atom. The van der Waals surface area contributed by atoms with Crippen LogP contribution in [0.15, 0.2) is 72.7 Å². The molecule has 5 aromatic rings. The molecule has 0 aliphatic carbocycles. The summed E-state index contributed by atoms with van der Waals surface area (Å²) in [6.45, 7) is 8.86. The number of halogens is 6. The lowest BCUT2D eigenvalue weighted by atomic mass is 10.2. The summed E-state index contributed by atoms with van der Waals surface area (Å²) < 4.78 is 105. The van der Waals surface area contributed by atoms with Crippen molar-refractivity contribution in [3.63, 3.8) is 0 Å². The maximum atomic E-state index is 12.8. The average molecular weight is 888 g/mol. The minimum absolute atomic E-state index is 0.00257. The van der Waals surface area contributed by atoms with Crippen LogP contribution in [0, 0.1) is 0 Å². The number of fused-ring (bicyclic) bond motifs is 2. The molecule has 0 fully saturated rings. The number of aliphatic hydroxyl groups excluding tert-OH is 1. The molecule has 0 bridgehead atoms. The SMILES string of the molecule is CCO.Cn1c(=O)c2c(nc(Oc3cccc(OC(F)(F)F)c3)n2COCC[Si](C)(C)C)n(C)c1=O.Cn1c2c(c(=O)n(C)c1=O)CC(Oc1cccc(OC(F)(F)F)c1)=N2. The van der Waals surface area contributed by atoms with Crippen LogP contribution in [-0.4, -0.2) is 72.8 Å². The van der Waals surface area contributed by atoms with Crippen LogP contribution in [0.2, 0.25) is 25.7 Å². The van der Waals surface area contributed by atoms with Crippen molar-refractivity contribution in [2.24, 2.45) is 33.2 Å². The number of hydrogen-bond acceptors (Lipinski definition) is 12. The second-order valence-electron chi connectivity index (χ2n) is 14.3. The highest BCUT2D eigenvalue weighted by molar-refractivity contribution is 6.76. The highest BCUT2D eigenvalue weighted by Gasteiger charge is 2.32. The van der Waals surface area contributed by atoms with Gasteiger partial charge in [-0.05, 0) is 37.2 Å². The van der Waals surface area contributed by atoms with E-state index in [1.807, 2.05) is 0 Å². The van der Waals surface area contributed by atoms with Crippen LogP contribution in [0.4, 0.5) is 32.2 Å². The third-order valence-corrected chi connectivity index (χ3v) is 10.0. The van der Waals surface area contributed by atoms with E-state index >= 15 is 0 Å². The summed E-state index contributed by atoms with van der Waals surface area (Å²) in [6.07, 6.45) is -9.65. The molecule has 2 aromatic carbocycles. The Kier molecular flexibility index (Phi) is 14.9. The fourth-order valence-electron chi connectivity index (χ4n) is 5.44. The van der Waals surface area contributed by atoms with Crippen molar-refractivity contribution in [1.29, 1.82) is 0 Å². The van der Waals surface area contributed by atoms with Crippen molar-refractivity contribution >= 4 is 31.0 Å². The number of aliphatic hydroxyl groups is 1. The van der Waals surface area contributed by atoms with Crippen molar-refractivity contribution in [2.75, 3.05) is 13.2 Å². The first-order valence-electron chi connectivity index (χ1n) is 18.1. The van der Waals surface area contributed by atoms with E-state index in [1.54, 1.807) is 6.92 Å². The van der Waals surface area contributed by atoms with Crippen molar-refractivity contribution in [2.45, 2.75) is 58.5 Å². The van der Waals surface area contributed by atoms with E-state index in [9.17, 15) is 45.5 Å².